The van der Waals surface area contributed by atoms with Crippen LogP contribution in [0.5, 0.6) is 0 Å². The van der Waals surface area contributed by atoms with E-state index in [0.717, 1.165) is 44.1 Å². The molecule has 2 amide bonds. The van der Waals surface area contributed by atoms with Gasteiger partial charge in [-0.05, 0) is 46.9 Å². The highest BCUT2D eigenvalue weighted by molar-refractivity contribution is 7.13. The third-order valence-corrected chi connectivity index (χ3v) is 7.46. The number of benzene rings is 3. The Hall–Kier alpha value is -3.55. The summed E-state index contributed by atoms with van der Waals surface area (Å²) in [6, 6.07) is 23.7. The Balaban J connectivity index is 1.10. The smallest absolute Gasteiger partial charge is 0.261 e. The maximum atomic E-state index is 12.7. The van der Waals surface area contributed by atoms with Crippen LogP contribution in [0.25, 0.3) is 10.1 Å². The van der Waals surface area contributed by atoms with Crippen LogP contribution in [0.1, 0.15) is 31.8 Å². The van der Waals surface area contributed by atoms with Crippen molar-refractivity contribution in [2.24, 2.45) is 0 Å². The molecular weight excluding hydrogens is 444 g/mol. The zero-order chi connectivity index (χ0) is 23.1. The van der Waals surface area contributed by atoms with Gasteiger partial charge in [0.15, 0.2) is 0 Å². The van der Waals surface area contributed by atoms with Crippen LogP contribution in [0.3, 0.4) is 0 Å². The van der Waals surface area contributed by atoms with Crippen LogP contribution in [0.15, 0.2) is 72.8 Å². The van der Waals surface area contributed by atoms with Gasteiger partial charge < -0.3 is 4.90 Å². The number of piperazine rings is 1. The van der Waals surface area contributed by atoms with Crippen molar-refractivity contribution in [1.29, 1.82) is 0 Å². The molecule has 0 bridgehead atoms. The maximum Gasteiger partial charge on any atom is 0.261 e. The molecule has 2 aliphatic rings. The minimum Gasteiger partial charge on any atom is -0.353 e. The van der Waals surface area contributed by atoms with Crippen LogP contribution in [0, 0.1) is 0 Å². The third kappa shape index (κ3) is 3.77. The van der Waals surface area contributed by atoms with Gasteiger partial charge in [0.25, 0.3) is 11.8 Å². The topological polar surface area (TPSA) is 56.8 Å². The Morgan fingerprint density at radius 1 is 0.735 bits per heavy atom. The number of amides is 2. The summed E-state index contributed by atoms with van der Waals surface area (Å²) in [5.41, 5.74) is 3.16. The number of rotatable bonds is 5. The van der Waals surface area contributed by atoms with Gasteiger partial charge in [-0.2, -0.15) is 4.37 Å². The predicted molar refractivity (Wildman–Crippen MR) is 134 cm³/mol. The van der Waals surface area contributed by atoms with Gasteiger partial charge in [0.2, 0.25) is 0 Å². The average Bonchev–Trinajstić information content (AvgIpc) is 3.40. The lowest BCUT2D eigenvalue weighted by Gasteiger charge is -2.35. The summed E-state index contributed by atoms with van der Waals surface area (Å²) in [7, 11) is 0. The van der Waals surface area contributed by atoms with E-state index in [1.807, 2.05) is 12.1 Å². The van der Waals surface area contributed by atoms with Crippen LogP contribution in [-0.2, 0) is 13.1 Å². The Morgan fingerprint density at radius 2 is 1.38 bits per heavy atom. The molecule has 6 nitrogen and oxygen atoms in total. The standard InChI is InChI=1S/C27H24N4O2S/c32-26-21-8-1-2-9-22(21)27(33)31(26)18-20-7-5-6-19(16-20)17-29-12-14-30(15-13-29)25-23-10-3-4-11-24(23)34-28-25/h1-11,16H,12-15,17-18H2. The van der Waals surface area contributed by atoms with Gasteiger partial charge in [-0.3, -0.25) is 19.4 Å². The van der Waals surface area contributed by atoms with E-state index in [9.17, 15) is 9.59 Å². The Bertz CT molecular complexity index is 1360. The zero-order valence-electron chi connectivity index (χ0n) is 18.7. The summed E-state index contributed by atoms with van der Waals surface area (Å²) < 4.78 is 5.94. The SMILES string of the molecule is O=C1c2ccccc2C(=O)N1Cc1cccc(CN2CCN(c3nsc4ccccc34)CC2)c1. The first-order valence-electron chi connectivity index (χ1n) is 11.5. The number of hydrogen-bond donors (Lipinski definition) is 0. The summed E-state index contributed by atoms with van der Waals surface area (Å²) in [5, 5.41) is 1.24. The van der Waals surface area contributed by atoms with E-state index in [2.05, 4.69) is 46.2 Å². The second-order valence-corrected chi connectivity index (χ2v) is 9.63. The fraction of sp³-hybridized carbons (Fsp3) is 0.222. The van der Waals surface area contributed by atoms with Gasteiger partial charge >= 0.3 is 0 Å². The second-order valence-electron chi connectivity index (χ2n) is 8.83. The molecule has 34 heavy (non-hydrogen) atoms. The molecule has 6 rings (SSSR count). The maximum absolute atomic E-state index is 12.7. The third-order valence-electron chi connectivity index (χ3n) is 6.65. The first-order valence-corrected chi connectivity index (χ1v) is 12.3. The van der Waals surface area contributed by atoms with E-state index in [0.29, 0.717) is 17.7 Å². The highest BCUT2D eigenvalue weighted by Gasteiger charge is 2.35. The molecule has 3 heterocycles. The lowest BCUT2D eigenvalue weighted by Crippen LogP contribution is -2.46. The molecule has 0 aliphatic carbocycles. The van der Waals surface area contributed by atoms with Gasteiger partial charge in [0.05, 0.1) is 22.4 Å². The molecule has 1 aromatic heterocycles. The van der Waals surface area contributed by atoms with Gasteiger partial charge in [-0.25, -0.2) is 0 Å². The summed E-state index contributed by atoms with van der Waals surface area (Å²) >= 11 is 1.56. The Morgan fingerprint density at radius 3 is 2.12 bits per heavy atom. The number of nitrogens with zero attached hydrogens (tertiary/aromatic N) is 4. The molecule has 3 aromatic carbocycles. The molecule has 0 radical (unpaired) electrons. The molecule has 170 valence electrons. The molecule has 0 N–H and O–H groups in total. The first kappa shape index (κ1) is 21.0. The Labute approximate surface area is 202 Å². The predicted octanol–water partition coefficient (Wildman–Crippen LogP) is 4.41. The second kappa shape index (κ2) is 8.66. The number of imide groups is 1. The summed E-state index contributed by atoms with van der Waals surface area (Å²) in [4.78, 5) is 31.6. The quantitative estimate of drug-likeness (QED) is 0.406. The van der Waals surface area contributed by atoms with Gasteiger partial charge in [-0.1, -0.05) is 48.5 Å². The fourth-order valence-electron chi connectivity index (χ4n) is 4.87. The number of hydrogen-bond acceptors (Lipinski definition) is 6. The first-order chi connectivity index (χ1) is 16.7. The number of anilines is 1. The van der Waals surface area contributed by atoms with Crippen molar-refractivity contribution in [3.8, 4) is 0 Å². The van der Waals surface area contributed by atoms with E-state index in [1.165, 1.54) is 20.5 Å². The molecular formula is C27H24N4O2S. The molecule has 0 unspecified atom stereocenters. The molecule has 1 saturated heterocycles. The van der Waals surface area contributed by atoms with Crippen LogP contribution in [-0.4, -0.2) is 52.2 Å². The number of fused-ring (bicyclic) bond motifs is 2. The van der Waals surface area contributed by atoms with Crippen molar-refractivity contribution in [2.45, 2.75) is 13.1 Å². The molecule has 4 aromatic rings. The molecule has 7 heteroatoms. The molecule has 0 atom stereocenters. The van der Waals surface area contributed by atoms with E-state index in [1.54, 1.807) is 35.8 Å². The summed E-state index contributed by atoms with van der Waals surface area (Å²) in [6.45, 7) is 4.97. The molecule has 0 saturated carbocycles. The van der Waals surface area contributed by atoms with E-state index in [4.69, 9.17) is 4.37 Å². The van der Waals surface area contributed by atoms with Crippen LogP contribution in [0.2, 0.25) is 0 Å². The normalized spacial score (nSPS) is 16.5. The number of aromatic nitrogens is 1. The van der Waals surface area contributed by atoms with Gasteiger partial charge in [0, 0.05) is 38.1 Å². The van der Waals surface area contributed by atoms with Gasteiger partial charge in [-0.15, -0.1) is 0 Å². The summed E-state index contributed by atoms with van der Waals surface area (Å²) in [5.74, 6) is 0.677. The highest BCUT2D eigenvalue weighted by Crippen LogP contribution is 2.30. The minimum atomic E-state index is -0.211. The molecule has 0 spiro atoms. The largest absolute Gasteiger partial charge is 0.353 e. The summed E-state index contributed by atoms with van der Waals surface area (Å²) in [6.07, 6.45) is 0. The highest BCUT2D eigenvalue weighted by atomic mass is 32.1. The average molecular weight is 469 g/mol. The number of carbonyl (C=O) groups excluding carboxylic acids is 2. The van der Waals surface area contributed by atoms with Crippen LogP contribution >= 0.6 is 11.5 Å². The minimum absolute atomic E-state index is 0.211. The Kier molecular flexibility index (Phi) is 5.36. The van der Waals surface area contributed by atoms with Crippen LogP contribution < -0.4 is 4.90 Å². The number of carbonyl (C=O) groups is 2. The molecule has 1 fully saturated rings. The van der Waals surface area contributed by atoms with E-state index < -0.39 is 0 Å². The van der Waals surface area contributed by atoms with Crippen molar-refractivity contribution in [3.05, 3.63) is 95.1 Å². The lowest BCUT2D eigenvalue weighted by molar-refractivity contribution is 0.0642. The van der Waals surface area contributed by atoms with E-state index >= 15 is 0 Å². The van der Waals surface area contributed by atoms with Crippen molar-refractivity contribution in [2.75, 3.05) is 31.1 Å². The monoisotopic (exact) mass is 468 g/mol. The van der Waals surface area contributed by atoms with Crippen molar-refractivity contribution in [3.63, 3.8) is 0 Å². The van der Waals surface area contributed by atoms with Crippen LogP contribution in [0.4, 0.5) is 5.82 Å². The van der Waals surface area contributed by atoms with Crippen molar-refractivity contribution in [1.82, 2.24) is 14.2 Å². The lowest BCUT2D eigenvalue weighted by atomic mass is 10.1. The van der Waals surface area contributed by atoms with Gasteiger partial charge in [0.1, 0.15) is 5.82 Å². The van der Waals surface area contributed by atoms with Crippen molar-refractivity contribution < 1.29 is 9.59 Å². The van der Waals surface area contributed by atoms with E-state index in [-0.39, 0.29) is 11.8 Å². The fourth-order valence-corrected chi connectivity index (χ4v) is 5.66. The zero-order valence-corrected chi connectivity index (χ0v) is 19.5. The molecule has 2 aliphatic heterocycles. The van der Waals surface area contributed by atoms with Crippen molar-refractivity contribution >= 4 is 39.3 Å².